The Hall–Kier alpha value is -0.410. The first kappa shape index (κ1) is 17.7. The van der Waals surface area contributed by atoms with E-state index in [2.05, 4.69) is 24.8 Å². The summed E-state index contributed by atoms with van der Waals surface area (Å²) in [5, 5.41) is 10.1. The van der Waals surface area contributed by atoms with E-state index in [0.717, 1.165) is 45.2 Å². The molecule has 0 amide bonds. The summed E-state index contributed by atoms with van der Waals surface area (Å²) in [5.74, 6) is 1.91. The van der Waals surface area contributed by atoms with Crippen LogP contribution in [0.5, 0.6) is 0 Å². The van der Waals surface area contributed by atoms with E-state index in [1.807, 2.05) is 0 Å². The molecule has 0 spiro atoms. The maximum Gasteiger partial charge on any atom is 0.116 e. The van der Waals surface area contributed by atoms with Crippen molar-refractivity contribution in [2.75, 3.05) is 13.1 Å². The van der Waals surface area contributed by atoms with Crippen molar-refractivity contribution >= 4 is 0 Å². The number of likely N-dealkylation sites (tertiary alicyclic amines) is 1. The molecule has 5 rings (SSSR count). The molecule has 3 saturated carbocycles. The molecule has 1 aliphatic heterocycles. The number of hydrogen-bond acceptors (Lipinski definition) is 2. The van der Waals surface area contributed by atoms with Crippen LogP contribution in [0.4, 0.5) is 4.39 Å². The Bertz CT molecular complexity index is 599. The molecule has 0 aromatic carbocycles. The number of halogens is 1. The monoisotopic (exact) mass is 361 g/mol. The first-order valence-electron chi connectivity index (χ1n) is 11.2. The number of nitrogens with zero attached hydrogens (tertiary/aromatic N) is 1. The van der Waals surface area contributed by atoms with Crippen LogP contribution in [0.1, 0.15) is 71.6 Å². The quantitative estimate of drug-likeness (QED) is 0.683. The van der Waals surface area contributed by atoms with Crippen molar-refractivity contribution in [3.05, 3.63) is 11.6 Å². The number of aliphatic hydroxyl groups is 1. The fourth-order valence-electron chi connectivity index (χ4n) is 8.25. The summed E-state index contributed by atoms with van der Waals surface area (Å²) in [6, 6.07) is 0.169. The Morgan fingerprint density at radius 2 is 1.88 bits per heavy atom. The van der Waals surface area contributed by atoms with Gasteiger partial charge in [-0.2, -0.15) is 0 Å². The lowest BCUT2D eigenvalue weighted by Gasteiger charge is -2.58. The van der Waals surface area contributed by atoms with Crippen molar-refractivity contribution in [1.82, 2.24) is 4.90 Å². The topological polar surface area (TPSA) is 23.5 Å². The zero-order chi connectivity index (χ0) is 18.1. The highest BCUT2D eigenvalue weighted by molar-refractivity contribution is 5.26. The maximum absolute atomic E-state index is 15.3. The van der Waals surface area contributed by atoms with E-state index in [1.165, 1.54) is 31.3 Å². The van der Waals surface area contributed by atoms with E-state index in [0.29, 0.717) is 17.8 Å². The standard InChI is InChI=1S/C23H36FNO/c1-22-9-7-16(26)13-15(22)5-6-17-18(22)8-10-23(2)19(17)14-20(24)21(23)25-11-3-4-12-25/h5,16-21,26H,3-4,6-14H2,1-2H3/t16?,17-,18-,19+,20?,21?,22+,23+/m1/s1. The molecule has 5 aliphatic rings. The van der Waals surface area contributed by atoms with Crippen molar-refractivity contribution < 1.29 is 9.50 Å². The van der Waals surface area contributed by atoms with Crippen LogP contribution in [0.25, 0.3) is 0 Å². The summed E-state index contributed by atoms with van der Waals surface area (Å²) in [7, 11) is 0. The van der Waals surface area contributed by atoms with Gasteiger partial charge in [-0.25, -0.2) is 4.39 Å². The fraction of sp³-hybridized carbons (Fsp3) is 0.913. The first-order chi connectivity index (χ1) is 12.4. The van der Waals surface area contributed by atoms with Crippen LogP contribution in [0, 0.1) is 28.6 Å². The van der Waals surface area contributed by atoms with Crippen LogP contribution in [0.15, 0.2) is 11.6 Å². The van der Waals surface area contributed by atoms with Crippen molar-refractivity contribution in [3.8, 4) is 0 Å². The van der Waals surface area contributed by atoms with Crippen LogP contribution in [0.2, 0.25) is 0 Å². The minimum absolute atomic E-state index is 0.138. The number of aliphatic hydroxyl groups excluding tert-OH is 1. The SMILES string of the molecule is C[C@]12CCC(O)CC1=CC[C@@H]1[C@H]2CC[C@]2(C)C(N3CCCC3)C(F)C[C@@H]12. The summed E-state index contributed by atoms with van der Waals surface area (Å²) in [6.45, 7) is 7.12. The molecule has 1 N–H and O–H groups in total. The van der Waals surface area contributed by atoms with Crippen LogP contribution in [-0.2, 0) is 0 Å². The summed E-state index contributed by atoms with van der Waals surface area (Å²) in [4.78, 5) is 2.51. The van der Waals surface area contributed by atoms with Gasteiger partial charge >= 0.3 is 0 Å². The number of allylic oxidation sites excluding steroid dienone is 1. The van der Waals surface area contributed by atoms with Crippen molar-refractivity contribution in [2.24, 2.45) is 28.6 Å². The molecule has 0 radical (unpaired) electrons. The van der Waals surface area contributed by atoms with E-state index >= 15 is 4.39 Å². The van der Waals surface area contributed by atoms with Gasteiger partial charge in [-0.05, 0) is 99.5 Å². The molecule has 1 heterocycles. The lowest BCUT2D eigenvalue weighted by molar-refractivity contribution is -0.0587. The Balaban J connectivity index is 1.46. The van der Waals surface area contributed by atoms with Gasteiger partial charge in [0, 0.05) is 6.04 Å². The van der Waals surface area contributed by atoms with Crippen molar-refractivity contribution in [1.29, 1.82) is 0 Å². The van der Waals surface area contributed by atoms with E-state index in [1.54, 1.807) is 0 Å². The van der Waals surface area contributed by atoms with Crippen LogP contribution in [0.3, 0.4) is 0 Å². The number of fused-ring (bicyclic) bond motifs is 5. The minimum atomic E-state index is -0.631. The number of hydrogen-bond donors (Lipinski definition) is 1. The Labute approximate surface area is 158 Å². The molecule has 0 bridgehead atoms. The average molecular weight is 362 g/mol. The predicted octanol–water partition coefficient (Wildman–Crippen LogP) is 4.72. The third-order valence-electron chi connectivity index (χ3n) is 9.55. The van der Waals surface area contributed by atoms with Crippen molar-refractivity contribution in [3.63, 3.8) is 0 Å². The molecule has 4 fully saturated rings. The van der Waals surface area contributed by atoms with E-state index in [-0.39, 0.29) is 23.0 Å². The molecule has 8 atom stereocenters. The van der Waals surface area contributed by atoms with Gasteiger partial charge in [0.1, 0.15) is 6.17 Å². The second kappa shape index (κ2) is 6.04. The number of rotatable bonds is 1. The molecule has 0 aromatic heterocycles. The molecular formula is C23H36FNO. The Kier molecular flexibility index (Phi) is 4.11. The Morgan fingerprint density at radius 3 is 2.65 bits per heavy atom. The molecule has 1 saturated heterocycles. The molecule has 26 heavy (non-hydrogen) atoms. The predicted molar refractivity (Wildman–Crippen MR) is 103 cm³/mol. The van der Waals surface area contributed by atoms with Gasteiger partial charge < -0.3 is 5.11 Å². The lowest BCUT2D eigenvalue weighted by Crippen LogP contribution is -2.54. The van der Waals surface area contributed by atoms with E-state index < -0.39 is 6.17 Å². The van der Waals surface area contributed by atoms with Gasteiger partial charge in [0.25, 0.3) is 0 Å². The zero-order valence-electron chi connectivity index (χ0n) is 16.6. The molecule has 146 valence electrons. The normalized spacial score (nSPS) is 54.4. The smallest absolute Gasteiger partial charge is 0.116 e. The summed E-state index contributed by atoms with van der Waals surface area (Å²) >= 11 is 0. The highest BCUT2D eigenvalue weighted by Crippen LogP contribution is 2.65. The second-order valence-electron chi connectivity index (χ2n) is 10.6. The van der Waals surface area contributed by atoms with Gasteiger partial charge in [0.2, 0.25) is 0 Å². The highest BCUT2D eigenvalue weighted by atomic mass is 19.1. The van der Waals surface area contributed by atoms with Gasteiger partial charge in [-0.3, -0.25) is 4.90 Å². The van der Waals surface area contributed by atoms with Gasteiger partial charge in [0.15, 0.2) is 0 Å². The molecule has 3 heteroatoms. The molecule has 2 nitrogen and oxygen atoms in total. The molecule has 4 aliphatic carbocycles. The van der Waals surface area contributed by atoms with Gasteiger partial charge in [0.05, 0.1) is 6.10 Å². The van der Waals surface area contributed by atoms with Crippen molar-refractivity contribution in [2.45, 2.75) is 90.0 Å². The summed E-state index contributed by atoms with van der Waals surface area (Å²) in [6.07, 6.45) is 11.5. The zero-order valence-corrected chi connectivity index (χ0v) is 16.6. The summed E-state index contributed by atoms with van der Waals surface area (Å²) < 4.78 is 15.3. The largest absolute Gasteiger partial charge is 0.393 e. The van der Waals surface area contributed by atoms with E-state index in [4.69, 9.17) is 0 Å². The van der Waals surface area contributed by atoms with Gasteiger partial charge in [-0.1, -0.05) is 25.5 Å². The second-order valence-corrected chi connectivity index (χ2v) is 10.6. The lowest BCUT2D eigenvalue weighted by atomic mass is 9.48. The highest BCUT2D eigenvalue weighted by Gasteiger charge is 2.62. The Morgan fingerprint density at radius 1 is 1.12 bits per heavy atom. The third kappa shape index (κ3) is 2.35. The molecule has 3 unspecified atom stereocenters. The maximum atomic E-state index is 15.3. The third-order valence-corrected chi connectivity index (χ3v) is 9.55. The van der Waals surface area contributed by atoms with Gasteiger partial charge in [-0.15, -0.1) is 0 Å². The fourth-order valence-corrected chi connectivity index (χ4v) is 8.25. The van der Waals surface area contributed by atoms with Crippen LogP contribution < -0.4 is 0 Å². The average Bonchev–Trinajstić information content (AvgIpc) is 3.20. The molecule has 0 aromatic rings. The van der Waals surface area contributed by atoms with Crippen LogP contribution >= 0.6 is 0 Å². The summed E-state index contributed by atoms with van der Waals surface area (Å²) in [5.41, 5.74) is 1.95. The molecular weight excluding hydrogens is 325 g/mol. The van der Waals surface area contributed by atoms with E-state index in [9.17, 15) is 5.11 Å². The van der Waals surface area contributed by atoms with Crippen LogP contribution in [-0.4, -0.2) is 41.4 Å². The first-order valence-corrected chi connectivity index (χ1v) is 11.2. The minimum Gasteiger partial charge on any atom is -0.393 e. The number of alkyl halides is 1.